The molecule has 0 bridgehead atoms. The molecule has 43 heavy (non-hydrogen) atoms. The lowest BCUT2D eigenvalue weighted by molar-refractivity contribution is -0.115. The number of anilines is 1. The van der Waals surface area contributed by atoms with Gasteiger partial charge in [-0.3, -0.25) is 14.2 Å². The van der Waals surface area contributed by atoms with Crippen LogP contribution in [0, 0.1) is 0 Å². The molecule has 0 saturated carbocycles. The normalized spacial score (nSPS) is 12.1. The number of methoxy groups -OCH3 is 3. The number of halogens is 1. The number of nitrogens with two attached hydrogens (primary N) is 1. The molecule has 0 aliphatic heterocycles. The van der Waals surface area contributed by atoms with Crippen molar-refractivity contribution in [2.24, 2.45) is 5.14 Å². The fraction of sp³-hybridized carbons (Fsp3) is 0.276. The third kappa shape index (κ3) is 7.42. The Labute approximate surface area is 258 Å². The van der Waals surface area contributed by atoms with Gasteiger partial charge in [0.2, 0.25) is 15.9 Å². The van der Waals surface area contributed by atoms with Crippen LogP contribution < -0.4 is 30.2 Å². The topological polar surface area (TPSA) is 152 Å². The van der Waals surface area contributed by atoms with Crippen molar-refractivity contribution in [2.75, 3.05) is 26.6 Å². The second kappa shape index (κ2) is 13.7. The number of nitrogens with zero attached hydrogens (tertiary/aromatic N) is 2. The summed E-state index contributed by atoms with van der Waals surface area (Å²) < 4.78 is 41.0. The number of nitrogens with one attached hydrogen (secondary N) is 1. The number of aryl methyl sites for hydroxylation is 1. The largest absolute Gasteiger partial charge is 0.495 e. The number of ether oxygens (including phenoxy) is 3. The minimum absolute atomic E-state index is 0.00814. The third-order valence-electron chi connectivity index (χ3n) is 6.63. The van der Waals surface area contributed by atoms with E-state index in [0.717, 1.165) is 17.3 Å². The van der Waals surface area contributed by atoms with Crippen LogP contribution in [0.1, 0.15) is 18.9 Å². The highest BCUT2D eigenvalue weighted by Crippen LogP contribution is 2.33. The summed E-state index contributed by atoms with van der Waals surface area (Å²) in [5, 5.41) is 8.53. The maximum atomic E-state index is 13.9. The van der Waals surface area contributed by atoms with Crippen molar-refractivity contribution in [3.05, 3.63) is 75.5 Å². The van der Waals surface area contributed by atoms with Crippen molar-refractivity contribution in [3.63, 3.8) is 0 Å². The van der Waals surface area contributed by atoms with Crippen LogP contribution in [0.25, 0.3) is 10.9 Å². The molecule has 0 unspecified atom stereocenters. The van der Waals surface area contributed by atoms with E-state index in [4.69, 9.17) is 35.9 Å². The Hall–Kier alpha value is -3.78. The van der Waals surface area contributed by atoms with E-state index in [2.05, 4.69) is 5.32 Å². The number of fused-ring (bicyclic) bond motifs is 1. The summed E-state index contributed by atoms with van der Waals surface area (Å²) in [7, 11) is 0.626. The quantitative estimate of drug-likeness (QED) is 0.168. The lowest BCUT2D eigenvalue weighted by atomic mass is 10.1. The van der Waals surface area contributed by atoms with E-state index in [0.29, 0.717) is 56.9 Å². The van der Waals surface area contributed by atoms with Gasteiger partial charge in [-0.2, -0.15) is 0 Å². The number of hydrogen-bond donors (Lipinski definition) is 2. The Balaban J connectivity index is 1.73. The Morgan fingerprint density at radius 1 is 1.02 bits per heavy atom. The lowest BCUT2D eigenvalue weighted by Crippen LogP contribution is -2.29. The smallest absolute Gasteiger partial charge is 0.262 e. The molecule has 4 aromatic rings. The molecular weight excluding hydrogens is 616 g/mol. The van der Waals surface area contributed by atoms with Crippen LogP contribution in [0.4, 0.5) is 5.69 Å². The van der Waals surface area contributed by atoms with Crippen molar-refractivity contribution < 1.29 is 27.4 Å². The van der Waals surface area contributed by atoms with Crippen LogP contribution in [-0.4, -0.2) is 50.5 Å². The van der Waals surface area contributed by atoms with Crippen LogP contribution in [0.2, 0.25) is 5.02 Å². The molecular formula is C29H31ClN4O7S2. The number of rotatable bonds is 12. The van der Waals surface area contributed by atoms with Crippen molar-refractivity contribution in [3.8, 4) is 17.2 Å². The van der Waals surface area contributed by atoms with E-state index in [1.54, 1.807) is 42.5 Å². The average molecular weight is 647 g/mol. The van der Waals surface area contributed by atoms with Crippen molar-refractivity contribution >= 4 is 55.9 Å². The molecule has 14 heteroatoms. The summed E-state index contributed by atoms with van der Waals surface area (Å²) in [6.07, 6.45) is 0.801. The number of thioether (sulfide) groups is 1. The third-order valence-corrected chi connectivity index (χ3v) is 9.15. The van der Waals surface area contributed by atoms with Gasteiger partial charge in [-0.25, -0.2) is 18.5 Å². The summed E-state index contributed by atoms with van der Waals surface area (Å²) in [4.78, 5) is 32.0. The summed E-state index contributed by atoms with van der Waals surface area (Å²) in [6, 6.07) is 14.2. The first-order valence-corrected chi connectivity index (χ1v) is 15.9. The summed E-state index contributed by atoms with van der Waals surface area (Å²) >= 11 is 7.29. The number of amides is 1. The molecule has 0 saturated heterocycles. The highest BCUT2D eigenvalue weighted by molar-refractivity contribution is 8.00. The van der Waals surface area contributed by atoms with Gasteiger partial charge in [-0.05, 0) is 54.8 Å². The molecule has 1 heterocycles. The van der Waals surface area contributed by atoms with Gasteiger partial charge in [0.25, 0.3) is 5.56 Å². The minimum Gasteiger partial charge on any atom is -0.495 e. The van der Waals surface area contributed by atoms with E-state index in [1.165, 1.54) is 38.0 Å². The Morgan fingerprint density at radius 3 is 2.28 bits per heavy atom. The monoisotopic (exact) mass is 646 g/mol. The molecule has 3 N–H and O–H groups in total. The Morgan fingerprint density at radius 2 is 1.67 bits per heavy atom. The maximum absolute atomic E-state index is 13.9. The van der Waals surface area contributed by atoms with Crippen LogP contribution in [-0.2, 0) is 27.8 Å². The average Bonchev–Trinajstić information content (AvgIpc) is 2.98. The van der Waals surface area contributed by atoms with Gasteiger partial charge in [0.1, 0.15) is 5.75 Å². The van der Waals surface area contributed by atoms with E-state index in [1.807, 2.05) is 6.92 Å². The fourth-order valence-corrected chi connectivity index (χ4v) is 6.07. The zero-order chi connectivity index (χ0) is 31.3. The SMILES string of the molecule is CC[C@@H](Sc1nc2cc(OC)c(OC)cc2c(=O)n1CCc1ccc(S(N)(=O)=O)cc1)C(=O)Nc1cc(Cl)ccc1OC. The summed E-state index contributed by atoms with van der Waals surface area (Å²) in [5.41, 5.74) is 1.25. The van der Waals surface area contributed by atoms with Crippen LogP contribution in [0.15, 0.2) is 69.4 Å². The molecule has 4 rings (SSSR count). The molecule has 3 aromatic carbocycles. The second-order valence-corrected chi connectivity index (χ2v) is 12.5. The number of carbonyl (C=O) groups is 1. The molecule has 228 valence electrons. The van der Waals surface area contributed by atoms with E-state index >= 15 is 0 Å². The van der Waals surface area contributed by atoms with Crippen LogP contribution >= 0.6 is 23.4 Å². The van der Waals surface area contributed by atoms with E-state index in [-0.39, 0.29) is 22.9 Å². The molecule has 1 amide bonds. The van der Waals surface area contributed by atoms with E-state index < -0.39 is 15.3 Å². The second-order valence-electron chi connectivity index (χ2n) is 9.36. The number of carbonyl (C=O) groups excluding carboxylic acids is 1. The van der Waals surface area contributed by atoms with Gasteiger partial charge in [-0.1, -0.05) is 42.4 Å². The minimum atomic E-state index is -3.83. The number of sulfonamides is 1. The van der Waals surface area contributed by atoms with Crippen molar-refractivity contribution in [1.82, 2.24) is 9.55 Å². The predicted octanol–water partition coefficient (Wildman–Crippen LogP) is 4.48. The van der Waals surface area contributed by atoms with Gasteiger partial charge >= 0.3 is 0 Å². The van der Waals surface area contributed by atoms with Gasteiger partial charge in [0, 0.05) is 17.6 Å². The molecule has 11 nitrogen and oxygen atoms in total. The maximum Gasteiger partial charge on any atom is 0.262 e. The number of primary sulfonamides is 1. The number of aromatic nitrogens is 2. The summed E-state index contributed by atoms with van der Waals surface area (Å²) in [5.74, 6) is 0.914. The molecule has 0 fully saturated rings. The first-order valence-electron chi connectivity index (χ1n) is 13.1. The first kappa shape index (κ1) is 32.1. The molecule has 0 spiro atoms. The predicted molar refractivity (Wildman–Crippen MR) is 167 cm³/mol. The molecule has 0 radical (unpaired) electrons. The Kier molecular flexibility index (Phi) is 10.2. The van der Waals surface area contributed by atoms with Crippen LogP contribution in [0.3, 0.4) is 0 Å². The van der Waals surface area contributed by atoms with Gasteiger partial charge in [0.05, 0.1) is 48.1 Å². The zero-order valence-corrected chi connectivity index (χ0v) is 26.3. The molecule has 0 aliphatic carbocycles. The molecule has 1 atom stereocenters. The number of benzene rings is 3. The first-order chi connectivity index (χ1) is 20.5. The van der Waals surface area contributed by atoms with Gasteiger partial charge < -0.3 is 19.5 Å². The van der Waals surface area contributed by atoms with Crippen molar-refractivity contribution in [1.29, 1.82) is 0 Å². The van der Waals surface area contributed by atoms with Gasteiger partial charge in [0.15, 0.2) is 16.7 Å². The summed E-state index contributed by atoms with van der Waals surface area (Å²) in [6.45, 7) is 2.06. The fourth-order valence-electron chi connectivity index (χ4n) is 4.34. The Bertz CT molecular complexity index is 1810. The van der Waals surface area contributed by atoms with E-state index in [9.17, 15) is 18.0 Å². The highest BCUT2D eigenvalue weighted by Gasteiger charge is 2.24. The zero-order valence-electron chi connectivity index (χ0n) is 23.9. The molecule has 0 aliphatic rings. The van der Waals surface area contributed by atoms with Crippen molar-refractivity contribution in [2.45, 2.75) is 41.6 Å². The van der Waals surface area contributed by atoms with Gasteiger partial charge in [-0.15, -0.1) is 0 Å². The lowest BCUT2D eigenvalue weighted by Gasteiger charge is -2.19. The standard InChI is InChI=1S/C29H31ClN4O7S2/c1-5-26(27(35)32-22-14-18(30)8-11-23(22)39-2)42-29-33-21-16-25(41-4)24(40-3)15-20(21)28(36)34(29)13-12-17-6-9-19(10-7-17)43(31,37)38/h6-11,14-16,26H,5,12-13H2,1-4H3,(H,32,35)(H2,31,37,38)/t26-/m1/s1. The highest BCUT2D eigenvalue weighted by atomic mass is 35.5. The number of hydrogen-bond acceptors (Lipinski definition) is 9. The van der Waals surface area contributed by atoms with Crippen LogP contribution in [0.5, 0.6) is 17.2 Å². The molecule has 1 aromatic heterocycles.